The molecule has 0 amide bonds. The summed E-state index contributed by atoms with van der Waals surface area (Å²) in [4.78, 5) is 9.10. The first-order valence-corrected chi connectivity index (χ1v) is 9.96. The van der Waals surface area contributed by atoms with Gasteiger partial charge in [-0.15, -0.1) is 11.8 Å². The molecule has 0 spiro atoms. The van der Waals surface area contributed by atoms with E-state index in [1.165, 1.54) is 28.2 Å². The topological polar surface area (TPSA) is 25.8 Å². The number of fused-ring (bicyclic) bond motifs is 1. The van der Waals surface area contributed by atoms with Crippen LogP contribution in [0, 0.1) is 24.6 Å². The minimum atomic E-state index is -0.388. The zero-order chi connectivity index (χ0) is 19.8. The number of nitrogens with zero attached hydrogens (tertiary/aromatic N) is 2. The molecule has 2 heterocycles. The summed E-state index contributed by atoms with van der Waals surface area (Å²) < 4.78 is 13.2. The molecule has 0 saturated carbocycles. The van der Waals surface area contributed by atoms with Crippen LogP contribution in [0.25, 0.3) is 10.9 Å². The second kappa shape index (κ2) is 9.68. The maximum absolute atomic E-state index is 13.2. The van der Waals surface area contributed by atoms with Crippen LogP contribution < -0.4 is 0 Å². The van der Waals surface area contributed by atoms with E-state index in [0.717, 1.165) is 11.1 Å². The van der Waals surface area contributed by atoms with E-state index in [4.69, 9.17) is 0 Å². The van der Waals surface area contributed by atoms with Crippen molar-refractivity contribution < 1.29 is 4.39 Å². The molecule has 2 nitrogen and oxygen atoms in total. The second-order valence-corrected chi connectivity index (χ2v) is 6.86. The highest BCUT2D eigenvalue weighted by atomic mass is 32.2. The summed E-state index contributed by atoms with van der Waals surface area (Å²) in [6.07, 6.45) is 6.56. The molecule has 0 aliphatic carbocycles. The number of pyridine rings is 2. The Morgan fingerprint density at radius 1 is 0.893 bits per heavy atom. The molecule has 2 aromatic heterocycles. The molecular formula is C24H19FN2S. The number of aryl methyl sites for hydroxylation is 1. The normalized spacial score (nSPS) is 9.82. The fourth-order valence-corrected chi connectivity index (χ4v) is 2.94. The van der Waals surface area contributed by atoms with Crippen LogP contribution in [0.1, 0.15) is 16.7 Å². The molecular weight excluding hydrogens is 367 g/mol. The number of rotatable bonds is 1. The van der Waals surface area contributed by atoms with Crippen molar-refractivity contribution in [3.63, 3.8) is 0 Å². The molecule has 0 atom stereocenters. The van der Waals surface area contributed by atoms with Crippen molar-refractivity contribution in [3.8, 4) is 11.8 Å². The van der Waals surface area contributed by atoms with Crippen LogP contribution in [0.15, 0.2) is 84.1 Å². The summed E-state index contributed by atoms with van der Waals surface area (Å²) in [5, 5.41) is 1.25. The van der Waals surface area contributed by atoms with E-state index in [0.29, 0.717) is 5.56 Å². The van der Waals surface area contributed by atoms with Gasteiger partial charge in [-0.2, -0.15) is 0 Å². The van der Waals surface area contributed by atoms with Crippen molar-refractivity contribution in [2.45, 2.75) is 11.8 Å². The third kappa shape index (κ3) is 5.18. The Bertz CT molecular complexity index is 1120. The zero-order valence-corrected chi connectivity index (χ0v) is 16.5. The predicted molar refractivity (Wildman–Crippen MR) is 115 cm³/mol. The van der Waals surface area contributed by atoms with Gasteiger partial charge in [-0.25, -0.2) is 4.39 Å². The number of aromatic nitrogens is 2. The molecule has 0 fully saturated rings. The van der Waals surface area contributed by atoms with E-state index >= 15 is 0 Å². The average molecular weight is 386 g/mol. The molecule has 0 bridgehead atoms. The van der Waals surface area contributed by atoms with Gasteiger partial charge in [-0.05, 0) is 61.2 Å². The Kier molecular flexibility index (Phi) is 6.78. The molecule has 0 aliphatic rings. The first-order valence-electron chi connectivity index (χ1n) is 8.73. The fraction of sp³-hybridized carbons (Fsp3) is 0.0833. The van der Waals surface area contributed by atoms with Gasteiger partial charge in [0.25, 0.3) is 0 Å². The first kappa shape index (κ1) is 19.6. The van der Waals surface area contributed by atoms with Crippen molar-refractivity contribution in [2.75, 3.05) is 6.26 Å². The lowest BCUT2D eigenvalue weighted by Gasteiger charge is -1.97. The number of benzene rings is 2. The maximum atomic E-state index is 13.2. The Morgan fingerprint density at radius 3 is 2.39 bits per heavy atom. The highest BCUT2D eigenvalue weighted by Crippen LogP contribution is 2.15. The largest absolute Gasteiger partial charge is 0.262 e. The third-order valence-corrected chi connectivity index (χ3v) is 4.81. The van der Waals surface area contributed by atoms with E-state index in [-0.39, 0.29) is 5.82 Å². The predicted octanol–water partition coefficient (Wildman–Crippen LogP) is 5.89. The summed E-state index contributed by atoms with van der Waals surface area (Å²) in [7, 11) is 0. The number of hydrogen-bond donors (Lipinski definition) is 0. The van der Waals surface area contributed by atoms with Crippen LogP contribution >= 0.6 is 11.8 Å². The molecule has 4 rings (SSSR count). The maximum Gasteiger partial charge on any atom is 0.157 e. The van der Waals surface area contributed by atoms with Crippen molar-refractivity contribution in [2.24, 2.45) is 0 Å². The number of para-hydroxylation sites is 1. The zero-order valence-electron chi connectivity index (χ0n) is 15.7. The molecule has 0 N–H and O–H groups in total. The van der Waals surface area contributed by atoms with Crippen LogP contribution in [-0.2, 0) is 0 Å². The van der Waals surface area contributed by atoms with Crippen LogP contribution in [0.3, 0.4) is 0 Å². The molecule has 2 aromatic carbocycles. The van der Waals surface area contributed by atoms with Crippen molar-refractivity contribution >= 4 is 22.7 Å². The highest BCUT2D eigenvalue weighted by molar-refractivity contribution is 7.98. The van der Waals surface area contributed by atoms with Gasteiger partial charge in [-0.3, -0.25) is 9.97 Å². The Morgan fingerprint density at radius 2 is 1.68 bits per heavy atom. The van der Waals surface area contributed by atoms with E-state index in [9.17, 15) is 4.39 Å². The highest BCUT2D eigenvalue weighted by Gasteiger charge is 1.96. The van der Waals surface area contributed by atoms with Gasteiger partial charge in [0.1, 0.15) is 0 Å². The van der Waals surface area contributed by atoms with E-state index in [1.54, 1.807) is 17.8 Å². The summed E-state index contributed by atoms with van der Waals surface area (Å²) in [6, 6.07) is 19.6. The first-order chi connectivity index (χ1) is 13.7. The van der Waals surface area contributed by atoms with Crippen LogP contribution in [0.5, 0.6) is 0 Å². The average Bonchev–Trinajstić information content (AvgIpc) is 2.74. The minimum absolute atomic E-state index is 0.369. The minimum Gasteiger partial charge on any atom is -0.262 e. The molecule has 4 heteroatoms. The van der Waals surface area contributed by atoms with Gasteiger partial charge in [-0.1, -0.05) is 30.0 Å². The molecule has 0 saturated heterocycles. The van der Waals surface area contributed by atoms with E-state index in [1.807, 2.05) is 61.0 Å². The van der Waals surface area contributed by atoms with Gasteiger partial charge < -0.3 is 0 Å². The van der Waals surface area contributed by atoms with E-state index in [2.05, 4.69) is 34.8 Å². The third-order valence-electron chi connectivity index (χ3n) is 4.07. The van der Waals surface area contributed by atoms with Crippen molar-refractivity contribution in [3.05, 3.63) is 102 Å². The van der Waals surface area contributed by atoms with Gasteiger partial charge in [0.2, 0.25) is 0 Å². The Labute approximate surface area is 168 Å². The molecule has 0 radical (unpaired) electrons. The molecule has 28 heavy (non-hydrogen) atoms. The molecule has 0 unspecified atom stereocenters. The van der Waals surface area contributed by atoms with Crippen molar-refractivity contribution in [1.82, 2.24) is 9.97 Å². The quantitative estimate of drug-likeness (QED) is 0.301. The lowest BCUT2D eigenvalue weighted by atomic mass is 10.1. The van der Waals surface area contributed by atoms with Gasteiger partial charge in [0.05, 0.1) is 17.3 Å². The SMILES string of the molecule is CSc1ccc(C#Cc2ccncc2F)cc1.Cc1ccnc2ccccc12. The fourth-order valence-electron chi connectivity index (χ4n) is 2.53. The van der Waals surface area contributed by atoms with Crippen LogP contribution in [-0.4, -0.2) is 16.2 Å². The van der Waals surface area contributed by atoms with Crippen molar-refractivity contribution in [1.29, 1.82) is 0 Å². The molecule has 0 aliphatic heterocycles. The number of thioether (sulfide) groups is 1. The summed E-state index contributed by atoms with van der Waals surface area (Å²) in [5.41, 5.74) is 3.61. The monoisotopic (exact) mass is 386 g/mol. The Balaban J connectivity index is 0.000000176. The summed E-state index contributed by atoms with van der Waals surface area (Å²) >= 11 is 1.68. The lowest BCUT2D eigenvalue weighted by Crippen LogP contribution is -1.84. The molecule has 4 aromatic rings. The van der Waals surface area contributed by atoms with Gasteiger partial charge >= 0.3 is 0 Å². The van der Waals surface area contributed by atoms with E-state index < -0.39 is 0 Å². The standard InChI is InChI=1S/C14H10FNS.C10H9N/c1-17-13-6-3-11(4-7-13)2-5-12-8-9-16-10-14(12)15;1-8-6-7-11-10-5-3-2-4-9(8)10/h3-4,6-10H,1H3;2-7H,1H3. The van der Waals surface area contributed by atoms with Gasteiger partial charge in [0, 0.05) is 28.2 Å². The Hall–Kier alpha value is -3.16. The van der Waals surface area contributed by atoms with Crippen LogP contribution in [0.4, 0.5) is 4.39 Å². The lowest BCUT2D eigenvalue weighted by molar-refractivity contribution is 0.618. The second-order valence-electron chi connectivity index (χ2n) is 5.98. The smallest absolute Gasteiger partial charge is 0.157 e. The van der Waals surface area contributed by atoms with Crippen LogP contribution in [0.2, 0.25) is 0 Å². The number of hydrogen-bond acceptors (Lipinski definition) is 3. The summed E-state index contributed by atoms with van der Waals surface area (Å²) in [6.45, 7) is 2.10. The molecule has 138 valence electrons. The number of halogens is 1. The van der Waals surface area contributed by atoms with Gasteiger partial charge in [0.15, 0.2) is 5.82 Å². The summed E-state index contributed by atoms with van der Waals surface area (Å²) in [5.74, 6) is 5.33.